The fourth-order valence-corrected chi connectivity index (χ4v) is 2.62. The first-order valence-corrected chi connectivity index (χ1v) is 6.44. The Morgan fingerprint density at radius 1 is 1.24 bits per heavy atom. The molecule has 0 fully saturated rings. The van der Waals surface area contributed by atoms with Gasteiger partial charge in [0.25, 0.3) is 0 Å². The fraction of sp³-hybridized carbons (Fsp3) is 0.333. The van der Waals surface area contributed by atoms with Crippen LogP contribution in [0.2, 0.25) is 0 Å². The molecule has 0 unspecified atom stereocenters. The first-order chi connectivity index (χ1) is 8.26. The van der Waals surface area contributed by atoms with E-state index in [1.165, 1.54) is 11.5 Å². The van der Waals surface area contributed by atoms with Gasteiger partial charge < -0.3 is 4.90 Å². The zero-order valence-electron chi connectivity index (χ0n) is 9.96. The van der Waals surface area contributed by atoms with Gasteiger partial charge in [-0.2, -0.15) is 4.98 Å². The Balaban J connectivity index is 2.41. The van der Waals surface area contributed by atoms with E-state index in [1.54, 1.807) is 3.96 Å². The maximum Gasteiger partial charge on any atom is 0.364 e. The van der Waals surface area contributed by atoms with Gasteiger partial charge in [0.15, 0.2) is 0 Å². The third-order valence-corrected chi connectivity index (χ3v) is 3.62. The summed E-state index contributed by atoms with van der Waals surface area (Å²) in [6, 6.07) is 9.58. The summed E-state index contributed by atoms with van der Waals surface area (Å²) in [4.78, 5) is 18.0. The van der Waals surface area contributed by atoms with E-state index >= 15 is 0 Å². The average Bonchev–Trinajstić information content (AvgIpc) is 2.74. The molecule has 0 amide bonds. The Hall–Kier alpha value is -1.62. The summed E-state index contributed by atoms with van der Waals surface area (Å²) in [5.41, 5.74) is 0.663. The van der Waals surface area contributed by atoms with Crippen LogP contribution in [0.5, 0.6) is 0 Å². The molecule has 2 rings (SSSR count). The Kier molecular flexibility index (Phi) is 3.58. The molecule has 0 bridgehead atoms. The molecule has 90 valence electrons. The van der Waals surface area contributed by atoms with E-state index in [0.29, 0.717) is 0 Å². The number of aromatic nitrogens is 2. The second-order valence-electron chi connectivity index (χ2n) is 3.57. The quantitative estimate of drug-likeness (QED) is 0.833. The largest absolute Gasteiger partial charge is 0.364 e. The van der Waals surface area contributed by atoms with Gasteiger partial charge in [0.2, 0.25) is 5.13 Å². The topological polar surface area (TPSA) is 38.1 Å². The molecule has 2 aromatic rings. The second-order valence-corrected chi connectivity index (χ2v) is 4.48. The van der Waals surface area contributed by atoms with E-state index in [2.05, 4.69) is 23.7 Å². The second kappa shape index (κ2) is 5.14. The standard InChI is InChI=1S/C12H15N3OS/c1-3-14(4-2)12-13-11(16)15(17-12)10-8-6-5-7-9-10/h5-9H,3-4H2,1-2H3. The highest BCUT2D eigenvalue weighted by atomic mass is 32.1. The number of hydrogen-bond donors (Lipinski definition) is 0. The molecule has 0 aliphatic rings. The summed E-state index contributed by atoms with van der Waals surface area (Å²) in [6.07, 6.45) is 0. The van der Waals surface area contributed by atoms with Gasteiger partial charge in [-0.15, -0.1) is 0 Å². The summed E-state index contributed by atoms with van der Waals surface area (Å²) in [5, 5.41) is 0.781. The highest BCUT2D eigenvalue weighted by Gasteiger charge is 2.11. The molecule has 0 radical (unpaired) electrons. The van der Waals surface area contributed by atoms with E-state index in [0.717, 1.165) is 23.9 Å². The van der Waals surface area contributed by atoms with E-state index in [4.69, 9.17) is 0 Å². The monoisotopic (exact) mass is 249 g/mol. The lowest BCUT2D eigenvalue weighted by molar-refractivity contribution is 0.855. The van der Waals surface area contributed by atoms with Crippen LogP contribution in [-0.4, -0.2) is 22.0 Å². The molecule has 0 N–H and O–H groups in total. The minimum atomic E-state index is -0.205. The lowest BCUT2D eigenvalue weighted by Gasteiger charge is -2.15. The lowest BCUT2D eigenvalue weighted by Crippen LogP contribution is -2.22. The van der Waals surface area contributed by atoms with Gasteiger partial charge in [-0.3, -0.25) is 0 Å². The number of benzene rings is 1. The molecular weight excluding hydrogens is 234 g/mol. The first-order valence-electron chi connectivity index (χ1n) is 5.67. The molecular formula is C12H15N3OS. The number of para-hydroxylation sites is 1. The van der Waals surface area contributed by atoms with Crippen LogP contribution in [0.25, 0.3) is 5.69 Å². The smallest absolute Gasteiger partial charge is 0.347 e. The number of rotatable bonds is 4. The Morgan fingerprint density at radius 2 is 1.88 bits per heavy atom. The predicted molar refractivity (Wildman–Crippen MR) is 71.3 cm³/mol. The van der Waals surface area contributed by atoms with Crippen molar-refractivity contribution in [1.82, 2.24) is 8.94 Å². The Bertz CT molecular complexity index is 528. The summed E-state index contributed by atoms with van der Waals surface area (Å²) < 4.78 is 1.62. The molecule has 1 aromatic carbocycles. The van der Waals surface area contributed by atoms with Gasteiger partial charge in [0.1, 0.15) is 0 Å². The molecule has 5 heteroatoms. The lowest BCUT2D eigenvalue weighted by atomic mass is 10.3. The van der Waals surface area contributed by atoms with Crippen molar-refractivity contribution in [2.75, 3.05) is 18.0 Å². The van der Waals surface area contributed by atoms with Crippen molar-refractivity contribution in [3.63, 3.8) is 0 Å². The summed E-state index contributed by atoms with van der Waals surface area (Å²) >= 11 is 1.39. The molecule has 17 heavy (non-hydrogen) atoms. The number of hydrogen-bond acceptors (Lipinski definition) is 4. The van der Waals surface area contributed by atoms with Gasteiger partial charge in [-0.05, 0) is 37.5 Å². The van der Waals surface area contributed by atoms with E-state index in [-0.39, 0.29) is 5.69 Å². The van der Waals surface area contributed by atoms with Crippen LogP contribution >= 0.6 is 11.5 Å². The number of nitrogens with zero attached hydrogens (tertiary/aromatic N) is 3. The maximum atomic E-state index is 11.8. The SMILES string of the molecule is CCN(CC)c1nc(=O)n(-c2ccccc2)s1. The van der Waals surface area contributed by atoms with Crippen LogP contribution in [0, 0.1) is 0 Å². The minimum Gasteiger partial charge on any atom is -0.347 e. The third-order valence-electron chi connectivity index (χ3n) is 2.56. The molecule has 0 saturated heterocycles. The average molecular weight is 249 g/mol. The van der Waals surface area contributed by atoms with Crippen LogP contribution in [0.1, 0.15) is 13.8 Å². The molecule has 4 nitrogen and oxygen atoms in total. The van der Waals surface area contributed by atoms with E-state index < -0.39 is 0 Å². The predicted octanol–water partition coefficient (Wildman–Crippen LogP) is 2.14. The van der Waals surface area contributed by atoms with E-state index in [9.17, 15) is 4.79 Å². The molecule has 0 atom stereocenters. The zero-order valence-corrected chi connectivity index (χ0v) is 10.8. The van der Waals surface area contributed by atoms with Crippen LogP contribution in [0.15, 0.2) is 35.1 Å². The summed E-state index contributed by atoms with van der Waals surface area (Å²) in [7, 11) is 0. The van der Waals surface area contributed by atoms with Crippen molar-refractivity contribution in [1.29, 1.82) is 0 Å². The Morgan fingerprint density at radius 3 is 2.47 bits per heavy atom. The van der Waals surface area contributed by atoms with Crippen molar-refractivity contribution in [2.45, 2.75) is 13.8 Å². The Labute approximate surface area is 104 Å². The van der Waals surface area contributed by atoms with Crippen LogP contribution in [0.3, 0.4) is 0 Å². The van der Waals surface area contributed by atoms with Crippen molar-refractivity contribution in [3.05, 3.63) is 40.8 Å². The molecule has 1 heterocycles. The van der Waals surface area contributed by atoms with Crippen molar-refractivity contribution < 1.29 is 0 Å². The minimum absolute atomic E-state index is 0.205. The normalized spacial score (nSPS) is 10.5. The summed E-state index contributed by atoms with van der Waals surface area (Å²) in [6.45, 7) is 5.83. The molecule has 0 saturated carbocycles. The van der Waals surface area contributed by atoms with Crippen LogP contribution in [-0.2, 0) is 0 Å². The molecule has 0 spiro atoms. The van der Waals surface area contributed by atoms with Gasteiger partial charge >= 0.3 is 5.69 Å². The number of anilines is 1. The van der Waals surface area contributed by atoms with Crippen LogP contribution < -0.4 is 10.6 Å². The molecule has 0 aliphatic heterocycles. The third kappa shape index (κ3) is 2.39. The van der Waals surface area contributed by atoms with Gasteiger partial charge in [0, 0.05) is 13.1 Å². The zero-order chi connectivity index (χ0) is 12.3. The van der Waals surface area contributed by atoms with Gasteiger partial charge in [0.05, 0.1) is 5.69 Å². The summed E-state index contributed by atoms with van der Waals surface area (Å²) in [5.74, 6) is 0. The fourth-order valence-electron chi connectivity index (χ4n) is 1.62. The first kappa shape index (κ1) is 11.9. The highest BCUT2D eigenvalue weighted by Crippen LogP contribution is 2.18. The van der Waals surface area contributed by atoms with Crippen molar-refractivity contribution in [3.8, 4) is 5.69 Å². The van der Waals surface area contributed by atoms with Gasteiger partial charge in [-0.25, -0.2) is 8.75 Å². The molecule has 1 aromatic heterocycles. The maximum absolute atomic E-state index is 11.8. The molecule has 0 aliphatic carbocycles. The van der Waals surface area contributed by atoms with Crippen molar-refractivity contribution in [2.24, 2.45) is 0 Å². The van der Waals surface area contributed by atoms with Gasteiger partial charge in [-0.1, -0.05) is 18.2 Å². The van der Waals surface area contributed by atoms with E-state index in [1.807, 2.05) is 30.3 Å². The highest BCUT2D eigenvalue weighted by molar-refractivity contribution is 7.10. The van der Waals surface area contributed by atoms with Crippen LogP contribution in [0.4, 0.5) is 5.13 Å². The van der Waals surface area contributed by atoms with Crippen molar-refractivity contribution >= 4 is 16.7 Å².